The summed E-state index contributed by atoms with van der Waals surface area (Å²) in [6.07, 6.45) is 0. The Morgan fingerprint density at radius 2 is 1.25 bits per heavy atom. The summed E-state index contributed by atoms with van der Waals surface area (Å²) in [6.45, 7) is 1.89. The molecule has 28 heavy (non-hydrogen) atoms. The van der Waals surface area contributed by atoms with Crippen molar-refractivity contribution in [3.63, 3.8) is 0 Å². The number of halogens is 1. The summed E-state index contributed by atoms with van der Waals surface area (Å²) in [5.41, 5.74) is 2.75. The first-order chi connectivity index (χ1) is 13.3. The van der Waals surface area contributed by atoms with Crippen molar-refractivity contribution in [1.29, 1.82) is 0 Å². The molecule has 0 unspecified atom stereocenters. The zero-order valence-electron chi connectivity index (χ0n) is 14.9. The van der Waals surface area contributed by atoms with Gasteiger partial charge < -0.3 is 10.6 Å². The third-order valence-corrected chi connectivity index (χ3v) is 5.43. The molecule has 0 aliphatic rings. The number of sulfonamides is 1. The fraction of sp³-hybridized carbons (Fsp3) is 0.0500. The zero-order chi connectivity index (χ0) is 20.1. The van der Waals surface area contributed by atoms with Crippen LogP contribution in [0.2, 0.25) is 0 Å². The fourth-order valence-electron chi connectivity index (χ4n) is 2.38. The van der Waals surface area contributed by atoms with E-state index in [2.05, 4.69) is 15.4 Å². The van der Waals surface area contributed by atoms with Crippen molar-refractivity contribution in [2.24, 2.45) is 0 Å². The lowest BCUT2D eigenvalue weighted by Gasteiger charge is -2.12. The zero-order valence-corrected chi connectivity index (χ0v) is 16.6. The second-order valence-electron chi connectivity index (χ2n) is 6.08. The van der Waals surface area contributed by atoms with E-state index in [0.29, 0.717) is 22.2 Å². The molecule has 0 aliphatic heterocycles. The maximum absolute atomic E-state index is 12.9. The minimum Gasteiger partial charge on any atom is -0.332 e. The van der Waals surface area contributed by atoms with Crippen LogP contribution >= 0.6 is 12.2 Å². The predicted octanol–water partition coefficient (Wildman–Crippen LogP) is 4.74. The van der Waals surface area contributed by atoms with Gasteiger partial charge in [0.05, 0.1) is 4.90 Å². The first-order valence-corrected chi connectivity index (χ1v) is 10.2. The maximum Gasteiger partial charge on any atom is 0.261 e. The van der Waals surface area contributed by atoms with E-state index in [1.807, 2.05) is 6.92 Å². The van der Waals surface area contributed by atoms with Crippen molar-refractivity contribution in [3.8, 4) is 0 Å². The number of thiocarbonyl (C=S) groups is 1. The Morgan fingerprint density at radius 1 is 0.786 bits per heavy atom. The van der Waals surface area contributed by atoms with Crippen LogP contribution in [-0.4, -0.2) is 13.5 Å². The number of nitrogens with one attached hydrogen (secondary N) is 3. The molecule has 3 aromatic rings. The van der Waals surface area contributed by atoms with Crippen molar-refractivity contribution in [2.75, 3.05) is 15.4 Å². The number of rotatable bonds is 5. The van der Waals surface area contributed by atoms with Crippen LogP contribution < -0.4 is 15.4 Å². The number of aryl methyl sites for hydroxylation is 1. The summed E-state index contributed by atoms with van der Waals surface area (Å²) < 4.78 is 40.3. The van der Waals surface area contributed by atoms with Crippen LogP contribution in [0.5, 0.6) is 0 Å². The predicted molar refractivity (Wildman–Crippen MR) is 115 cm³/mol. The summed E-state index contributed by atoms with van der Waals surface area (Å²) in [5, 5.41) is 6.25. The number of anilines is 3. The van der Waals surface area contributed by atoms with Gasteiger partial charge in [0.15, 0.2) is 5.11 Å². The third kappa shape index (κ3) is 5.28. The Bertz CT molecular complexity index is 1070. The number of hydrogen-bond donors (Lipinski definition) is 3. The Hall–Kier alpha value is -2.97. The summed E-state index contributed by atoms with van der Waals surface area (Å²) in [7, 11) is -3.65. The van der Waals surface area contributed by atoms with Gasteiger partial charge in [-0.25, -0.2) is 12.8 Å². The average Bonchev–Trinajstić information content (AvgIpc) is 2.65. The van der Waals surface area contributed by atoms with E-state index in [0.717, 1.165) is 5.56 Å². The van der Waals surface area contributed by atoms with Gasteiger partial charge in [-0.2, -0.15) is 0 Å². The van der Waals surface area contributed by atoms with Crippen molar-refractivity contribution in [1.82, 2.24) is 0 Å². The maximum atomic E-state index is 12.9. The number of hydrogen-bond acceptors (Lipinski definition) is 3. The average molecular weight is 416 g/mol. The molecular formula is C20H18FN3O2S2. The molecule has 0 radical (unpaired) electrons. The normalized spacial score (nSPS) is 10.9. The molecule has 144 valence electrons. The highest BCUT2D eigenvalue weighted by Gasteiger charge is 2.13. The van der Waals surface area contributed by atoms with Crippen LogP contribution in [0, 0.1) is 12.7 Å². The molecule has 0 aliphatic carbocycles. The van der Waals surface area contributed by atoms with E-state index in [-0.39, 0.29) is 10.7 Å². The molecular weight excluding hydrogens is 397 g/mol. The molecule has 0 saturated heterocycles. The molecule has 0 aromatic heterocycles. The fourth-order valence-corrected chi connectivity index (χ4v) is 3.67. The first-order valence-electron chi connectivity index (χ1n) is 8.35. The van der Waals surface area contributed by atoms with Crippen LogP contribution in [0.1, 0.15) is 5.56 Å². The molecule has 3 aromatic carbocycles. The van der Waals surface area contributed by atoms with Crippen LogP contribution in [0.25, 0.3) is 0 Å². The molecule has 0 atom stereocenters. The highest BCUT2D eigenvalue weighted by atomic mass is 32.2. The van der Waals surface area contributed by atoms with Gasteiger partial charge in [0.1, 0.15) is 5.82 Å². The smallest absolute Gasteiger partial charge is 0.261 e. The molecule has 3 rings (SSSR count). The molecule has 8 heteroatoms. The SMILES string of the molecule is Cc1ccc(S(=O)(=O)Nc2ccc(NC(=S)Nc3ccc(F)cc3)cc2)cc1. The third-order valence-electron chi connectivity index (χ3n) is 3.83. The second-order valence-corrected chi connectivity index (χ2v) is 8.17. The summed E-state index contributed by atoms with van der Waals surface area (Å²) in [4.78, 5) is 0.199. The topological polar surface area (TPSA) is 70.2 Å². The lowest BCUT2D eigenvalue weighted by molar-refractivity contribution is 0.601. The number of benzene rings is 3. The highest BCUT2D eigenvalue weighted by Crippen LogP contribution is 2.19. The van der Waals surface area contributed by atoms with Gasteiger partial charge in [0.2, 0.25) is 0 Å². The summed E-state index contributed by atoms with van der Waals surface area (Å²) in [6, 6.07) is 19.1. The Morgan fingerprint density at radius 3 is 1.79 bits per heavy atom. The molecule has 0 amide bonds. The van der Waals surface area contributed by atoms with Gasteiger partial charge in [-0.15, -0.1) is 0 Å². The van der Waals surface area contributed by atoms with Gasteiger partial charge in [0.25, 0.3) is 10.0 Å². The van der Waals surface area contributed by atoms with Gasteiger partial charge in [0, 0.05) is 17.1 Å². The molecule has 0 fully saturated rings. The molecule has 0 heterocycles. The van der Waals surface area contributed by atoms with E-state index >= 15 is 0 Å². The molecule has 0 spiro atoms. The minimum absolute atomic E-state index is 0.199. The van der Waals surface area contributed by atoms with E-state index in [1.165, 1.54) is 12.1 Å². The lowest BCUT2D eigenvalue weighted by atomic mass is 10.2. The van der Waals surface area contributed by atoms with Gasteiger partial charge in [-0.3, -0.25) is 4.72 Å². The summed E-state index contributed by atoms with van der Waals surface area (Å²) >= 11 is 5.22. The van der Waals surface area contributed by atoms with E-state index in [1.54, 1.807) is 60.7 Å². The van der Waals surface area contributed by atoms with Crippen LogP contribution in [0.3, 0.4) is 0 Å². The van der Waals surface area contributed by atoms with E-state index < -0.39 is 10.0 Å². The largest absolute Gasteiger partial charge is 0.332 e. The van der Waals surface area contributed by atoms with Crippen molar-refractivity contribution in [3.05, 3.63) is 84.2 Å². The van der Waals surface area contributed by atoms with E-state index in [9.17, 15) is 12.8 Å². The molecule has 5 nitrogen and oxygen atoms in total. The van der Waals surface area contributed by atoms with Crippen LogP contribution in [0.4, 0.5) is 21.5 Å². The van der Waals surface area contributed by atoms with Crippen molar-refractivity contribution in [2.45, 2.75) is 11.8 Å². The molecule has 0 saturated carbocycles. The van der Waals surface area contributed by atoms with Crippen LogP contribution in [-0.2, 0) is 10.0 Å². The quantitative estimate of drug-likeness (QED) is 0.525. The van der Waals surface area contributed by atoms with Gasteiger partial charge >= 0.3 is 0 Å². The molecule has 3 N–H and O–H groups in total. The Labute approximate surface area is 168 Å². The molecule has 0 bridgehead atoms. The lowest BCUT2D eigenvalue weighted by Crippen LogP contribution is -2.19. The highest BCUT2D eigenvalue weighted by molar-refractivity contribution is 7.92. The van der Waals surface area contributed by atoms with Crippen molar-refractivity contribution < 1.29 is 12.8 Å². The monoisotopic (exact) mass is 415 g/mol. The first kappa shape index (κ1) is 19.8. The standard InChI is InChI=1S/C20H18FN3O2S2/c1-14-2-12-19(13-3-14)28(25,26)24-18-10-8-17(9-11-18)23-20(27)22-16-6-4-15(21)5-7-16/h2-13,24H,1H3,(H2,22,23,27). The summed E-state index contributed by atoms with van der Waals surface area (Å²) in [5.74, 6) is -0.326. The van der Waals surface area contributed by atoms with Gasteiger partial charge in [-0.05, 0) is 79.8 Å². The second kappa shape index (κ2) is 8.37. The van der Waals surface area contributed by atoms with Gasteiger partial charge in [-0.1, -0.05) is 17.7 Å². The van der Waals surface area contributed by atoms with Crippen molar-refractivity contribution >= 4 is 44.4 Å². The van der Waals surface area contributed by atoms with E-state index in [4.69, 9.17) is 12.2 Å². The van der Waals surface area contributed by atoms with Crippen LogP contribution in [0.15, 0.2) is 77.7 Å². The Kier molecular flexibility index (Phi) is 5.91. The Balaban J connectivity index is 1.62. The minimum atomic E-state index is -3.65.